The lowest BCUT2D eigenvalue weighted by atomic mass is 9.83. The Morgan fingerprint density at radius 2 is 2.12 bits per heavy atom. The lowest BCUT2D eigenvalue weighted by Crippen LogP contribution is -2.23. The van der Waals surface area contributed by atoms with E-state index in [1.165, 1.54) is 0 Å². The maximum absolute atomic E-state index is 12.5. The van der Waals surface area contributed by atoms with Gasteiger partial charge in [0, 0.05) is 27.5 Å². The quantitative estimate of drug-likeness (QED) is 0.542. The summed E-state index contributed by atoms with van der Waals surface area (Å²) in [4.78, 5) is 12.5. The summed E-state index contributed by atoms with van der Waals surface area (Å²) in [5.74, 6) is -0.142. The van der Waals surface area contributed by atoms with Crippen LogP contribution in [0.2, 0.25) is 5.02 Å². The zero-order valence-corrected chi connectivity index (χ0v) is 18.2. The number of carbonyl (C=O) groups excluding carboxylic acids is 1. The molecular weight excluding hydrogens is 430 g/mol. The first kappa shape index (κ1) is 21.3. The van der Waals surface area contributed by atoms with Gasteiger partial charge in [0.1, 0.15) is 17.4 Å². The predicted molar refractivity (Wildman–Crippen MR) is 119 cm³/mol. The van der Waals surface area contributed by atoms with Gasteiger partial charge in [0.15, 0.2) is 6.61 Å². The second-order valence-corrected chi connectivity index (χ2v) is 7.74. The van der Waals surface area contributed by atoms with Crippen LogP contribution in [-0.2, 0) is 4.79 Å². The van der Waals surface area contributed by atoms with Gasteiger partial charge in [0.05, 0.1) is 5.92 Å². The first-order valence-corrected chi connectivity index (χ1v) is 10.2. The molecule has 0 saturated carbocycles. The van der Waals surface area contributed by atoms with Crippen LogP contribution in [0.4, 0.5) is 5.69 Å². The first-order chi connectivity index (χ1) is 15.4. The molecule has 0 spiro atoms. The molecule has 1 unspecified atom stereocenters. The zero-order valence-electron chi connectivity index (χ0n) is 17.4. The van der Waals surface area contributed by atoms with Crippen LogP contribution < -0.4 is 20.5 Å². The second-order valence-electron chi connectivity index (χ2n) is 7.33. The number of aromatic nitrogens is 2. The number of benzene rings is 2. The van der Waals surface area contributed by atoms with Crippen molar-refractivity contribution in [3.8, 4) is 17.7 Å². The predicted octanol–water partition coefficient (Wildman–Crippen LogP) is 3.92. The van der Waals surface area contributed by atoms with Gasteiger partial charge in [0.25, 0.3) is 5.91 Å². The Labute approximate surface area is 189 Å². The number of nitriles is 1. The second kappa shape index (κ2) is 8.65. The summed E-state index contributed by atoms with van der Waals surface area (Å²) in [5, 5.41) is 20.1. The van der Waals surface area contributed by atoms with Crippen molar-refractivity contribution in [3.05, 3.63) is 81.3 Å². The molecule has 1 aromatic heterocycles. The third-order valence-electron chi connectivity index (χ3n) is 5.17. The Kier molecular flexibility index (Phi) is 5.75. The van der Waals surface area contributed by atoms with Crippen molar-refractivity contribution in [3.63, 3.8) is 0 Å². The maximum atomic E-state index is 12.5. The number of amides is 1. The van der Waals surface area contributed by atoms with Crippen LogP contribution in [0, 0.1) is 25.2 Å². The monoisotopic (exact) mass is 449 g/mol. The number of hydrogen-bond acceptors (Lipinski definition) is 6. The van der Waals surface area contributed by atoms with Crippen LogP contribution in [0.25, 0.3) is 0 Å². The molecule has 2 heterocycles. The highest BCUT2D eigenvalue weighted by Gasteiger charge is 2.35. The SMILES string of the molecule is Cc1ccc(NC(=O)COc2ccccc2C2C(C#N)=C(N)Oc3n[nH]c(C)c32)cc1Cl. The fourth-order valence-electron chi connectivity index (χ4n) is 3.57. The van der Waals surface area contributed by atoms with E-state index >= 15 is 0 Å². The van der Waals surface area contributed by atoms with Crippen LogP contribution in [0.5, 0.6) is 11.6 Å². The molecule has 3 aromatic rings. The van der Waals surface area contributed by atoms with Crippen LogP contribution in [0.1, 0.15) is 28.3 Å². The lowest BCUT2D eigenvalue weighted by Gasteiger charge is -2.25. The number of fused-ring (bicyclic) bond motifs is 1. The first-order valence-electron chi connectivity index (χ1n) is 9.79. The van der Waals surface area contributed by atoms with Gasteiger partial charge in [0.2, 0.25) is 11.8 Å². The van der Waals surface area contributed by atoms with Crippen LogP contribution >= 0.6 is 11.6 Å². The van der Waals surface area contributed by atoms with Crippen LogP contribution in [0.3, 0.4) is 0 Å². The zero-order chi connectivity index (χ0) is 22.8. The van der Waals surface area contributed by atoms with E-state index in [0.717, 1.165) is 11.3 Å². The normalized spacial score (nSPS) is 14.9. The molecule has 0 bridgehead atoms. The van der Waals surface area contributed by atoms with Crippen molar-refractivity contribution in [1.29, 1.82) is 5.26 Å². The van der Waals surface area contributed by atoms with Gasteiger partial charge in [-0.1, -0.05) is 35.9 Å². The van der Waals surface area contributed by atoms with E-state index in [1.54, 1.807) is 24.3 Å². The Balaban J connectivity index is 1.59. The summed E-state index contributed by atoms with van der Waals surface area (Å²) >= 11 is 6.12. The van der Waals surface area contributed by atoms with E-state index in [4.69, 9.17) is 26.8 Å². The van der Waals surface area contributed by atoms with Crippen molar-refractivity contribution in [2.24, 2.45) is 5.73 Å². The molecule has 0 fully saturated rings. The Hall–Kier alpha value is -3.96. The number of anilines is 1. The topological polar surface area (TPSA) is 126 Å². The van der Waals surface area contributed by atoms with Gasteiger partial charge in [-0.2, -0.15) is 5.26 Å². The number of hydrogen-bond donors (Lipinski definition) is 3. The number of halogens is 1. The molecule has 0 saturated heterocycles. The van der Waals surface area contributed by atoms with Crippen LogP contribution in [0.15, 0.2) is 53.9 Å². The molecule has 9 heteroatoms. The average molecular weight is 450 g/mol. The summed E-state index contributed by atoms with van der Waals surface area (Å²) < 4.78 is 11.4. The molecule has 1 aliphatic heterocycles. The molecule has 0 radical (unpaired) electrons. The summed E-state index contributed by atoms with van der Waals surface area (Å²) in [6.07, 6.45) is 0. The Morgan fingerprint density at radius 3 is 2.88 bits per heavy atom. The molecule has 1 amide bonds. The third kappa shape index (κ3) is 3.98. The van der Waals surface area contributed by atoms with Crippen molar-refractivity contribution in [2.45, 2.75) is 19.8 Å². The number of para-hydroxylation sites is 1. The molecule has 4 N–H and O–H groups in total. The highest BCUT2D eigenvalue weighted by atomic mass is 35.5. The van der Waals surface area contributed by atoms with E-state index < -0.39 is 5.92 Å². The minimum atomic E-state index is -0.544. The number of nitrogens with two attached hydrogens (primary N) is 1. The van der Waals surface area contributed by atoms with E-state index in [2.05, 4.69) is 21.6 Å². The van der Waals surface area contributed by atoms with Gasteiger partial charge >= 0.3 is 0 Å². The van der Waals surface area contributed by atoms with Gasteiger partial charge < -0.3 is 20.5 Å². The molecular formula is C23H20ClN5O3. The number of allylic oxidation sites excluding steroid dienone is 1. The maximum Gasteiger partial charge on any atom is 0.262 e. The largest absolute Gasteiger partial charge is 0.483 e. The molecule has 32 heavy (non-hydrogen) atoms. The minimum Gasteiger partial charge on any atom is -0.483 e. The number of H-pyrrole nitrogens is 1. The molecule has 8 nitrogen and oxygen atoms in total. The fourth-order valence-corrected chi connectivity index (χ4v) is 3.75. The van der Waals surface area contributed by atoms with Crippen molar-refractivity contribution < 1.29 is 14.3 Å². The number of carbonyl (C=O) groups is 1. The average Bonchev–Trinajstić information content (AvgIpc) is 3.14. The number of ether oxygens (including phenoxy) is 2. The fraction of sp³-hybridized carbons (Fsp3) is 0.174. The van der Waals surface area contributed by atoms with Gasteiger partial charge in [-0.3, -0.25) is 9.89 Å². The summed E-state index contributed by atoms with van der Waals surface area (Å²) in [6, 6.07) is 14.6. The summed E-state index contributed by atoms with van der Waals surface area (Å²) in [6.45, 7) is 3.49. The molecule has 1 atom stereocenters. The number of rotatable bonds is 5. The minimum absolute atomic E-state index is 0.0136. The van der Waals surface area contributed by atoms with Crippen LogP contribution in [-0.4, -0.2) is 22.7 Å². The standard InChI is InChI=1S/C23H20ClN5O3/c1-12-7-8-14(9-17(12)24)27-19(30)11-31-18-6-4-3-5-15(18)21-16(10-25)22(26)32-23-20(21)13(2)28-29-23/h3-9,21H,11,26H2,1-2H3,(H,27,30)(H,28,29). The number of aromatic amines is 1. The molecule has 1 aliphatic rings. The number of aryl methyl sites for hydroxylation is 2. The molecule has 162 valence electrons. The Bertz CT molecular complexity index is 1270. The van der Waals surface area contributed by atoms with E-state index in [0.29, 0.717) is 33.5 Å². The number of nitrogens with one attached hydrogen (secondary N) is 2. The van der Waals surface area contributed by atoms with Gasteiger partial charge in [-0.25, -0.2) is 0 Å². The van der Waals surface area contributed by atoms with E-state index in [-0.39, 0.29) is 24.0 Å². The summed E-state index contributed by atoms with van der Waals surface area (Å²) in [5.41, 5.74) is 9.85. The van der Waals surface area contributed by atoms with E-state index in [9.17, 15) is 10.1 Å². The summed E-state index contributed by atoms with van der Waals surface area (Å²) in [7, 11) is 0. The smallest absolute Gasteiger partial charge is 0.262 e. The third-order valence-corrected chi connectivity index (χ3v) is 5.58. The van der Waals surface area contributed by atoms with Gasteiger partial charge in [-0.15, -0.1) is 5.10 Å². The van der Waals surface area contributed by atoms with E-state index in [1.807, 2.05) is 32.0 Å². The highest BCUT2D eigenvalue weighted by molar-refractivity contribution is 6.31. The van der Waals surface area contributed by atoms with Gasteiger partial charge in [-0.05, 0) is 37.6 Å². The Morgan fingerprint density at radius 1 is 1.34 bits per heavy atom. The lowest BCUT2D eigenvalue weighted by molar-refractivity contribution is -0.118. The van der Waals surface area contributed by atoms with Crippen molar-refractivity contribution in [2.75, 3.05) is 11.9 Å². The molecule has 2 aromatic carbocycles. The van der Waals surface area contributed by atoms with Crippen molar-refractivity contribution >= 4 is 23.2 Å². The molecule has 0 aliphatic carbocycles. The van der Waals surface area contributed by atoms with Crippen molar-refractivity contribution in [1.82, 2.24) is 10.2 Å². The number of nitrogens with zero attached hydrogens (tertiary/aromatic N) is 2. The molecule has 4 rings (SSSR count). The highest BCUT2D eigenvalue weighted by Crippen LogP contribution is 2.45.